The summed E-state index contributed by atoms with van der Waals surface area (Å²) in [7, 11) is 0. The van der Waals surface area contributed by atoms with Crippen molar-refractivity contribution in [3.8, 4) is 0 Å². The molecule has 4 aromatic rings. The first-order chi connectivity index (χ1) is 14.2. The number of aromatic nitrogens is 5. The van der Waals surface area contributed by atoms with Gasteiger partial charge in [0.05, 0.1) is 18.1 Å². The summed E-state index contributed by atoms with van der Waals surface area (Å²) in [6.07, 6.45) is 2.75. The van der Waals surface area contributed by atoms with Gasteiger partial charge >= 0.3 is 0 Å². The summed E-state index contributed by atoms with van der Waals surface area (Å²) in [5.74, 6) is -1.57. The molecule has 4 rings (SSSR count). The lowest BCUT2D eigenvalue weighted by molar-refractivity contribution is -0.0372. The molecule has 0 amide bonds. The van der Waals surface area contributed by atoms with E-state index in [1.54, 1.807) is 17.7 Å². The van der Waals surface area contributed by atoms with Gasteiger partial charge in [-0.15, -0.1) is 0 Å². The SMILES string of the molecule is Cc1cc2c(C)n([C@H](C)[C@](O)(Cn3cncn3)c3ccc(F)cc3F)nc2cc1Cl. The molecular formula is C21H20ClF2N5O. The van der Waals surface area contributed by atoms with Crippen molar-refractivity contribution < 1.29 is 13.9 Å². The maximum Gasteiger partial charge on any atom is 0.137 e. The van der Waals surface area contributed by atoms with Crippen molar-refractivity contribution in [2.45, 2.75) is 39.0 Å². The van der Waals surface area contributed by atoms with Crippen molar-refractivity contribution in [2.75, 3.05) is 0 Å². The highest BCUT2D eigenvalue weighted by atomic mass is 35.5. The first-order valence-corrected chi connectivity index (χ1v) is 9.74. The van der Waals surface area contributed by atoms with Gasteiger partial charge < -0.3 is 5.11 Å². The van der Waals surface area contributed by atoms with Gasteiger partial charge in [-0.1, -0.05) is 17.7 Å². The maximum absolute atomic E-state index is 14.8. The Morgan fingerprint density at radius 3 is 2.63 bits per heavy atom. The Morgan fingerprint density at radius 1 is 1.20 bits per heavy atom. The van der Waals surface area contributed by atoms with E-state index in [1.807, 2.05) is 19.9 Å². The highest BCUT2D eigenvalue weighted by Crippen LogP contribution is 2.38. The fraction of sp³-hybridized carbons (Fsp3) is 0.286. The fourth-order valence-electron chi connectivity index (χ4n) is 3.78. The number of rotatable bonds is 5. The van der Waals surface area contributed by atoms with Crippen LogP contribution in [0.1, 0.15) is 29.8 Å². The monoisotopic (exact) mass is 431 g/mol. The zero-order valence-electron chi connectivity index (χ0n) is 16.6. The predicted octanol–water partition coefficient (Wildman–Crippen LogP) is 4.33. The molecule has 0 radical (unpaired) electrons. The van der Waals surface area contributed by atoms with E-state index in [2.05, 4.69) is 15.2 Å². The molecule has 0 aliphatic carbocycles. The Balaban J connectivity index is 1.88. The molecule has 0 aliphatic heterocycles. The van der Waals surface area contributed by atoms with Gasteiger partial charge in [-0.05, 0) is 44.5 Å². The third kappa shape index (κ3) is 3.36. The zero-order valence-corrected chi connectivity index (χ0v) is 17.4. The lowest BCUT2D eigenvalue weighted by Crippen LogP contribution is -2.41. The normalized spacial score (nSPS) is 14.8. The standard InChI is InChI=1S/C21H20ClF2N5O/c1-12-6-16-13(2)29(27-20(16)8-18(12)22)14(3)21(30,9-28-11-25-10-26-28)17-5-4-15(23)7-19(17)24/h4-8,10-11,14,30H,9H2,1-3H3/t14-,21-/m1/s1. The summed E-state index contributed by atoms with van der Waals surface area (Å²) >= 11 is 6.24. The van der Waals surface area contributed by atoms with Gasteiger partial charge in [-0.25, -0.2) is 18.4 Å². The third-order valence-corrected chi connectivity index (χ3v) is 5.96. The van der Waals surface area contributed by atoms with E-state index in [0.29, 0.717) is 10.5 Å². The van der Waals surface area contributed by atoms with Gasteiger partial charge in [0.25, 0.3) is 0 Å². The van der Waals surface area contributed by atoms with Crippen molar-refractivity contribution >= 4 is 22.5 Å². The maximum atomic E-state index is 14.8. The Morgan fingerprint density at radius 2 is 1.97 bits per heavy atom. The molecule has 0 aliphatic rings. The van der Waals surface area contributed by atoms with E-state index in [1.165, 1.54) is 23.4 Å². The Labute approximate surface area is 176 Å². The molecule has 2 aromatic carbocycles. The molecule has 6 nitrogen and oxygen atoms in total. The molecular weight excluding hydrogens is 412 g/mol. The van der Waals surface area contributed by atoms with E-state index in [9.17, 15) is 13.9 Å². The number of hydrogen-bond donors (Lipinski definition) is 1. The second-order valence-corrected chi connectivity index (χ2v) is 7.87. The van der Waals surface area contributed by atoms with Crippen LogP contribution in [0, 0.1) is 25.5 Å². The van der Waals surface area contributed by atoms with Crippen molar-refractivity contribution in [3.63, 3.8) is 0 Å². The summed E-state index contributed by atoms with van der Waals surface area (Å²) in [6, 6.07) is 6.08. The van der Waals surface area contributed by atoms with E-state index >= 15 is 0 Å². The van der Waals surface area contributed by atoms with Gasteiger partial charge in [-0.3, -0.25) is 4.68 Å². The molecule has 0 saturated carbocycles. The Kier molecular flexibility index (Phi) is 5.07. The van der Waals surface area contributed by atoms with Gasteiger partial charge in [0.15, 0.2) is 0 Å². The van der Waals surface area contributed by atoms with E-state index in [0.717, 1.165) is 28.8 Å². The average Bonchev–Trinajstić information content (AvgIpc) is 3.30. The predicted molar refractivity (Wildman–Crippen MR) is 109 cm³/mol. The number of benzene rings is 2. The molecule has 0 unspecified atom stereocenters. The molecule has 0 bridgehead atoms. The minimum absolute atomic E-state index is 0.0555. The summed E-state index contributed by atoms with van der Waals surface area (Å²) in [6.45, 7) is 5.40. The van der Waals surface area contributed by atoms with Crippen LogP contribution in [0.4, 0.5) is 8.78 Å². The molecule has 1 N–H and O–H groups in total. The van der Waals surface area contributed by atoms with Gasteiger partial charge in [0.2, 0.25) is 0 Å². The number of fused-ring (bicyclic) bond motifs is 1. The lowest BCUT2D eigenvalue weighted by atomic mass is 9.86. The van der Waals surface area contributed by atoms with Crippen LogP contribution < -0.4 is 0 Å². The number of aryl methyl sites for hydroxylation is 2. The van der Waals surface area contributed by atoms with Crippen molar-refractivity contribution in [1.82, 2.24) is 24.5 Å². The van der Waals surface area contributed by atoms with E-state index < -0.39 is 23.3 Å². The smallest absolute Gasteiger partial charge is 0.137 e. The van der Waals surface area contributed by atoms with E-state index in [-0.39, 0.29) is 12.1 Å². The van der Waals surface area contributed by atoms with Gasteiger partial charge in [0.1, 0.15) is 29.9 Å². The molecule has 0 saturated heterocycles. The van der Waals surface area contributed by atoms with Crippen molar-refractivity contribution in [1.29, 1.82) is 0 Å². The van der Waals surface area contributed by atoms with Crippen molar-refractivity contribution in [2.24, 2.45) is 0 Å². The topological polar surface area (TPSA) is 68.8 Å². The second-order valence-electron chi connectivity index (χ2n) is 7.47. The Hall–Kier alpha value is -2.84. The first kappa shape index (κ1) is 20.4. The van der Waals surface area contributed by atoms with Crippen LogP contribution in [-0.2, 0) is 12.1 Å². The highest BCUT2D eigenvalue weighted by Gasteiger charge is 2.41. The van der Waals surface area contributed by atoms with Crippen LogP contribution in [-0.4, -0.2) is 29.7 Å². The van der Waals surface area contributed by atoms with E-state index in [4.69, 9.17) is 11.6 Å². The number of halogens is 3. The molecule has 30 heavy (non-hydrogen) atoms. The third-order valence-electron chi connectivity index (χ3n) is 5.55. The van der Waals surface area contributed by atoms with Gasteiger partial charge in [0, 0.05) is 27.7 Å². The summed E-state index contributed by atoms with van der Waals surface area (Å²) < 4.78 is 31.3. The van der Waals surface area contributed by atoms with Crippen LogP contribution in [0.15, 0.2) is 43.0 Å². The van der Waals surface area contributed by atoms with Gasteiger partial charge in [-0.2, -0.15) is 10.2 Å². The fourth-order valence-corrected chi connectivity index (χ4v) is 3.94. The summed E-state index contributed by atoms with van der Waals surface area (Å²) in [4.78, 5) is 3.89. The minimum Gasteiger partial charge on any atom is -0.381 e. The quantitative estimate of drug-likeness (QED) is 0.510. The first-order valence-electron chi connectivity index (χ1n) is 9.36. The average molecular weight is 432 g/mol. The summed E-state index contributed by atoms with van der Waals surface area (Å²) in [5.41, 5.74) is 0.508. The molecule has 0 spiro atoms. The van der Waals surface area contributed by atoms with Crippen LogP contribution >= 0.6 is 11.6 Å². The molecule has 9 heteroatoms. The van der Waals surface area contributed by atoms with Crippen LogP contribution in [0.3, 0.4) is 0 Å². The molecule has 156 valence electrons. The van der Waals surface area contributed by atoms with Crippen LogP contribution in [0.25, 0.3) is 10.9 Å². The number of aliphatic hydroxyl groups is 1. The molecule has 2 atom stereocenters. The molecule has 0 fully saturated rings. The largest absolute Gasteiger partial charge is 0.381 e. The van der Waals surface area contributed by atoms with Crippen LogP contribution in [0.5, 0.6) is 0 Å². The minimum atomic E-state index is -1.79. The number of nitrogens with zero attached hydrogens (tertiary/aromatic N) is 5. The Bertz CT molecular complexity index is 1220. The van der Waals surface area contributed by atoms with Crippen molar-refractivity contribution in [3.05, 3.63) is 76.5 Å². The zero-order chi connectivity index (χ0) is 21.6. The second kappa shape index (κ2) is 7.45. The highest BCUT2D eigenvalue weighted by molar-refractivity contribution is 6.32. The molecule has 2 heterocycles. The lowest BCUT2D eigenvalue weighted by Gasteiger charge is -2.35. The summed E-state index contributed by atoms with van der Waals surface area (Å²) in [5, 5.41) is 21.9. The number of hydrogen-bond acceptors (Lipinski definition) is 4. The molecule has 2 aromatic heterocycles. The van der Waals surface area contributed by atoms with Crippen LogP contribution in [0.2, 0.25) is 5.02 Å².